The van der Waals surface area contributed by atoms with E-state index in [1.165, 1.54) is 12.1 Å². The average molecular weight is 268 g/mol. The largest absolute Gasteiger partial charge is 0.269 e. The third-order valence-corrected chi connectivity index (χ3v) is 2.94. The zero-order chi connectivity index (χ0) is 13.5. The smallest absolute Gasteiger partial charge is 0.229 e. The molecule has 0 N–H and O–H groups in total. The van der Waals surface area contributed by atoms with Crippen LogP contribution < -0.4 is 0 Å². The first kappa shape index (κ1) is 13.0. The summed E-state index contributed by atoms with van der Waals surface area (Å²) in [6, 6.07) is 4.57. The number of aryl methyl sites for hydroxylation is 1. The lowest BCUT2D eigenvalue weighted by Gasteiger charge is -2.20. The van der Waals surface area contributed by atoms with Gasteiger partial charge in [0.25, 0.3) is 0 Å². The van der Waals surface area contributed by atoms with Crippen LogP contribution in [0.15, 0.2) is 18.2 Å². The molecular formula is C13H15ClFN3. The van der Waals surface area contributed by atoms with Crippen molar-refractivity contribution in [2.45, 2.75) is 33.1 Å². The van der Waals surface area contributed by atoms with Crippen LogP contribution >= 0.6 is 11.6 Å². The Hall–Kier alpha value is -1.42. The van der Waals surface area contributed by atoms with Gasteiger partial charge in [0.05, 0.1) is 5.69 Å². The van der Waals surface area contributed by atoms with Gasteiger partial charge in [-0.15, -0.1) is 10.2 Å². The fourth-order valence-corrected chi connectivity index (χ4v) is 2.04. The molecule has 0 aliphatic heterocycles. The summed E-state index contributed by atoms with van der Waals surface area (Å²) in [5.74, 6) is 0.486. The van der Waals surface area contributed by atoms with Crippen LogP contribution in [0.1, 0.15) is 32.2 Å². The molecule has 0 bridgehead atoms. The van der Waals surface area contributed by atoms with Crippen molar-refractivity contribution in [2.24, 2.45) is 0 Å². The van der Waals surface area contributed by atoms with E-state index in [4.69, 9.17) is 11.6 Å². The van der Waals surface area contributed by atoms with Gasteiger partial charge in [0.1, 0.15) is 11.6 Å². The van der Waals surface area contributed by atoms with Crippen LogP contribution in [0, 0.1) is 12.7 Å². The number of hydrogen-bond donors (Lipinski definition) is 0. The summed E-state index contributed by atoms with van der Waals surface area (Å²) in [5, 5.41) is 8.31. The van der Waals surface area contributed by atoms with E-state index in [-0.39, 0.29) is 16.5 Å². The van der Waals surface area contributed by atoms with Crippen molar-refractivity contribution in [3.63, 3.8) is 0 Å². The maximum absolute atomic E-state index is 13.2. The second-order valence-corrected chi connectivity index (χ2v) is 5.65. The number of rotatable bonds is 1. The summed E-state index contributed by atoms with van der Waals surface area (Å²) in [6.07, 6.45) is 0. The van der Waals surface area contributed by atoms with Crippen LogP contribution in [0.25, 0.3) is 5.69 Å². The standard InChI is InChI=1S/C13H15ClFN3/c1-8-7-9(15)5-6-10(8)18-11(13(2,3)4)16-17-12(18)14/h5-7H,1-4H3. The Labute approximate surface area is 111 Å². The molecule has 0 atom stereocenters. The second-order valence-electron chi connectivity index (χ2n) is 5.31. The summed E-state index contributed by atoms with van der Waals surface area (Å²) in [4.78, 5) is 0. The molecule has 0 saturated heterocycles. The number of nitrogens with zero attached hydrogens (tertiary/aromatic N) is 3. The van der Waals surface area contributed by atoms with E-state index in [1.807, 2.05) is 27.7 Å². The van der Waals surface area contributed by atoms with Gasteiger partial charge in [-0.1, -0.05) is 20.8 Å². The van der Waals surface area contributed by atoms with Crippen molar-refractivity contribution in [1.29, 1.82) is 0 Å². The number of benzene rings is 1. The first-order valence-corrected chi connectivity index (χ1v) is 6.06. The summed E-state index contributed by atoms with van der Waals surface area (Å²) < 4.78 is 14.9. The van der Waals surface area contributed by atoms with Crippen LogP contribution in [-0.2, 0) is 5.41 Å². The molecule has 0 spiro atoms. The van der Waals surface area contributed by atoms with Crippen LogP contribution in [0.5, 0.6) is 0 Å². The minimum Gasteiger partial charge on any atom is -0.269 e. The molecule has 0 unspecified atom stereocenters. The van der Waals surface area contributed by atoms with E-state index in [9.17, 15) is 4.39 Å². The van der Waals surface area contributed by atoms with Crippen molar-refractivity contribution in [2.75, 3.05) is 0 Å². The lowest BCUT2D eigenvalue weighted by molar-refractivity contribution is 0.532. The quantitative estimate of drug-likeness (QED) is 0.789. The first-order valence-electron chi connectivity index (χ1n) is 5.68. The lowest BCUT2D eigenvalue weighted by Crippen LogP contribution is -2.18. The van der Waals surface area contributed by atoms with Crippen molar-refractivity contribution in [1.82, 2.24) is 14.8 Å². The van der Waals surface area contributed by atoms with Crippen molar-refractivity contribution < 1.29 is 4.39 Å². The van der Waals surface area contributed by atoms with E-state index < -0.39 is 0 Å². The molecule has 1 aromatic carbocycles. The molecule has 2 rings (SSSR count). The summed E-state index contributed by atoms with van der Waals surface area (Å²) >= 11 is 6.09. The van der Waals surface area contributed by atoms with Crippen LogP contribution in [0.4, 0.5) is 4.39 Å². The molecule has 1 aromatic heterocycles. The molecule has 0 fully saturated rings. The third kappa shape index (κ3) is 2.25. The molecule has 0 aliphatic rings. The number of halogens is 2. The highest BCUT2D eigenvalue weighted by molar-refractivity contribution is 6.28. The van der Waals surface area contributed by atoms with Crippen LogP contribution in [0.2, 0.25) is 5.28 Å². The molecule has 2 aromatic rings. The van der Waals surface area contributed by atoms with E-state index in [2.05, 4.69) is 10.2 Å². The Kier molecular flexibility index (Phi) is 3.15. The molecule has 1 heterocycles. The van der Waals surface area contributed by atoms with Gasteiger partial charge in [-0.2, -0.15) is 0 Å². The van der Waals surface area contributed by atoms with Gasteiger partial charge in [0, 0.05) is 5.41 Å². The van der Waals surface area contributed by atoms with E-state index in [0.29, 0.717) is 0 Å². The molecule has 0 amide bonds. The molecule has 5 heteroatoms. The Morgan fingerprint density at radius 2 is 1.89 bits per heavy atom. The normalized spacial score (nSPS) is 11.9. The Bertz CT molecular complexity index is 584. The van der Waals surface area contributed by atoms with Gasteiger partial charge in [-0.3, -0.25) is 4.57 Å². The average Bonchev–Trinajstić information content (AvgIpc) is 2.60. The maximum Gasteiger partial charge on any atom is 0.229 e. The summed E-state index contributed by atoms with van der Waals surface area (Å²) in [7, 11) is 0. The molecule has 3 nitrogen and oxygen atoms in total. The third-order valence-electron chi connectivity index (χ3n) is 2.69. The van der Waals surface area contributed by atoms with E-state index in [0.717, 1.165) is 17.1 Å². The topological polar surface area (TPSA) is 30.7 Å². The first-order chi connectivity index (χ1) is 8.30. The predicted octanol–water partition coefficient (Wildman–Crippen LogP) is 3.67. The molecule has 0 radical (unpaired) electrons. The van der Waals surface area contributed by atoms with Crippen LogP contribution in [-0.4, -0.2) is 14.8 Å². The number of aromatic nitrogens is 3. The van der Waals surface area contributed by atoms with Gasteiger partial charge < -0.3 is 0 Å². The minimum absolute atomic E-state index is 0.193. The lowest BCUT2D eigenvalue weighted by atomic mass is 9.95. The minimum atomic E-state index is -0.266. The molecule has 0 aliphatic carbocycles. The maximum atomic E-state index is 13.2. The highest BCUT2D eigenvalue weighted by Crippen LogP contribution is 2.28. The van der Waals surface area contributed by atoms with Gasteiger partial charge in [-0.05, 0) is 42.3 Å². The van der Waals surface area contributed by atoms with Crippen LogP contribution in [0.3, 0.4) is 0 Å². The van der Waals surface area contributed by atoms with Crippen molar-refractivity contribution >= 4 is 11.6 Å². The summed E-state index contributed by atoms with van der Waals surface area (Å²) in [5.41, 5.74) is 1.40. The van der Waals surface area contributed by atoms with E-state index >= 15 is 0 Å². The van der Waals surface area contributed by atoms with Gasteiger partial charge in [0.15, 0.2) is 0 Å². The Morgan fingerprint density at radius 1 is 1.22 bits per heavy atom. The Balaban J connectivity index is 2.67. The zero-order valence-electron chi connectivity index (χ0n) is 10.8. The fourth-order valence-electron chi connectivity index (χ4n) is 1.83. The molecule has 18 heavy (non-hydrogen) atoms. The number of hydrogen-bond acceptors (Lipinski definition) is 2. The fraction of sp³-hybridized carbons (Fsp3) is 0.385. The zero-order valence-corrected chi connectivity index (χ0v) is 11.6. The van der Waals surface area contributed by atoms with Gasteiger partial charge in [-0.25, -0.2) is 4.39 Å². The van der Waals surface area contributed by atoms with Gasteiger partial charge in [0.2, 0.25) is 5.28 Å². The summed E-state index contributed by atoms with van der Waals surface area (Å²) in [6.45, 7) is 7.93. The predicted molar refractivity (Wildman–Crippen MR) is 69.8 cm³/mol. The highest BCUT2D eigenvalue weighted by atomic mass is 35.5. The van der Waals surface area contributed by atoms with E-state index in [1.54, 1.807) is 10.6 Å². The molecule has 96 valence electrons. The van der Waals surface area contributed by atoms with Crippen molar-refractivity contribution in [3.05, 3.63) is 40.7 Å². The highest BCUT2D eigenvalue weighted by Gasteiger charge is 2.24. The monoisotopic (exact) mass is 267 g/mol. The van der Waals surface area contributed by atoms with Gasteiger partial charge >= 0.3 is 0 Å². The molecule has 0 saturated carbocycles. The second kappa shape index (κ2) is 4.35. The van der Waals surface area contributed by atoms with Crippen molar-refractivity contribution in [3.8, 4) is 5.69 Å². The molecular weight excluding hydrogens is 253 g/mol. The Morgan fingerprint density at radius 3 is 2.44 bits per heavy atom. The SMILES string of the molecule is Cc1cc(F)ccc1-n1c(Cl)nnc1C(C)(C)C.